The van der Waals surface area contributed by atoms with Gasteiger partial charge in [0.05, 0.1) is 7.11 Å². The SMILES string of the molecule is COc1ccc(CC(F)CNC(C)(C)C)cc1F. The molecule has 18 heavy (non-hydrogen) atoms. The fourth-order valence-corrected chi connectivity index (χ4v) is 1.58. The number of nitrogens with one attached hydrogen (secondary N) is 1. The van der Waals surface area contributed by atoms with Gasteiger partial charge in [-0.05, 0) is 38.5 Å². The highest BCUT2D eigenvalue weighted by Gasteiger charge is 2.14. The van der Waals surface area contributed by atoms with Gasteiger partial charge in [0.2, 0.25) is 0 Å². The molecule has 1 atom stereocenters. The summed E-state index contributed by atoms with van der Waals surface area (Å²) in [6.45, 7) is 6.20. The zero-order valence-corrected chi connectivity index (χ0v) is 11.4. The normalized spacial score (nSPS) is 13.4. The van der Waals surface area contributed by atoms with Gasteiger partial charge in [-0.3, -0.25) is 0 Å². The van der Waals surface area contributed by atoms with Gasteiger partial charge in [-0.2, -0.15) is 0 Å². The van der Waals surface area contributed by atoms with E-state index in [1.165, 1.54) is 19.2 Å². The lowest BCUT2D eigenvalue weighted by atomic mass is 10.1. The quantitative estimate of drug-likeness (QED) is 0.875. The van der Waals surface area contributed by atoms with Gasteiger partial charge in [-0.1, -0.05) is 6.07 Å². The Hall–Kier alpha value is -1.16. The predicted octanol–water partition coefficient (Wildman–Crippen LogP) is 3.10. The number of hydrogen-bond donors (Lipinski definition) is 1. The first-order valence-electron chi connectivity index (χ1n) is 6.03. The van der Waals surface area contributed by atoms with Gasteiger partial charge in [-0.15, -0.1) is 0 Å². The van der Waals surface area contributed by atoms with E-state index < -0.39 is 12.0 Å². The average Bonchev–Trinajstić information content (AvgIpc) is 2.26. The first-order valence-corrected chi connectivity index (χ1v) is 6.03. The van der Waals surface area contributed by atoms with Crippen molar-refractivity contribution >= 4 is 0 Å². The van der Waals surface area contributed by atoms with E-state index >= 15 is 0 Å². The molecule has 1 aromatic rings. The topological polar surface area (TPSA) is 21.3 Å². The summed E-state index contributed by atoms with van der Waals surface area (Å²) >= 11 is 0. The van der Waals surface area contributed by atoms with Crippen LogP contribution in [-0.2, 0) is 6.42 Å². The van der Waals surface area contributed by atoms with Crippen LogP contribution in [0.25, 0.3) is 0 Å². The molecule has 1 aromatic carbocycles. The van der Waals surface area contributed by atoms with Crippen molar-refractivity contribution in [2.45, 2.75) is 38.9 Å². The smallest absolute Gasteiger partial charge is 0.165 e. The van der Waals surface area contributed by atoms with Gasteiger partial charge >= 0.3 is 0 Å². The highest BCUT2D eigenvalue weighted by molar-refractivity contribution is 5.29. The predicted molar refractivity (Wildman–Crippen MR) is 69.3 cm³/mol. The molecule has 0 aromatic heterocycles. The minimum absolute atomic E-state index is 0.116. The van der Waals surface area contributed by atoms with E-state index in [0.29, 0.717) is 5.56 Å². The summed E-state index contributed by atoms with van der Waals surface area (Å²) in [6, 6.07) is 4.53. The van der Waals surface area contributed by atoms with E-state index in [1.54, 1.807) is 6.07 Å². The minimum atomic E-state index is -1.03. The summed E-state index contributed by atoms with van der Waals surface area (Å²) in [5, 5.41) is 3.09. The molecule has 0 heterocycles. The molecule has 0 spiro atoms. The van der Waals surface area contributed by atoms with Crippen LogP contribution in [0.3, 0.4) is 0 Å². The Morgan fingerprint density at radius 2 is 2.00 bits per heavy atom. The van der Waals surface area contributed by atoms with E-state index in [9.17, 15) is 8.78 Å². The number of halogens is 2. The molecule has 1 unspecified atom stereocenters. The van der Waals surface area contributed by atoms with Crippen LogP contribution in [-0.4, -0.2) is 25.4 Å². The molecule has 102 valence electrons. The van der Waals surface area contributed by atoms with Gasteiger partial charge in [-0.25, -0.2) is 8.78 Å². The van der Waals surface area contributed by atoms with Crippen LogP contribution in [0.2, 0.25) is 0 Å². The van der Waals surface area contributed by atoms with Crippen LogP contribution < -0.4 is 10.1 Å². The van der Waals surface area contributed by atoms with E-state index in [1.807, 2.05) is 20.8 Å². The first kappa shape index (κ1) is 14.9. The van der Waals surface area contributed by atoms with E-state index in [0.717, 1.165) is 0 Å². The Morgan fingerprint density at radius 1 is 1.33 bits per heavy atom. The third-order valence-corrected chi connectivity index (χ3v) is 2.53. The summed E-state index contributed by atoms with van der Waals surface area (Å²) in [7, 11) is 1.41. The van der Waals surface area contributed by atoms with Crippen LogP contribution in [0.1, 0.15) is 26.3 Å². The number of methoxy groups -OCH3 is 1. The lowest BCUT2D eigenvalue weighted by Gasteiger charge is -2.22. The molecule has 1 rings (SSSR count). The van der Waals surface area contributed by atoms with E-state index in [4.69, 9.17) is 4.74 Å². The molecule has 0 saturated carbocycles. The van der Waals surface area contributed by atoms with Crippen molar-refractivity contribution in [1.82, 2.24) is 5.32 Å². The van der Waals surface area contributed by atoms with Gasteiger partial charge in [0.1, 0.15) is 6.17 Å². The third kappa shape index (κ3) is 5.00. The molecule has 1 N–H and O–H groups in total. The second-order valence-electron chi connectivity index (χ2n) is 5.40. The minimum Gasteiger partial charge on any atom is -0.494 e. The van der Waals surface area contributed by atoms with Gasteiger partial charge in [0.25, 0.3) is 0 Å². The van der Waals surface area contributed by atoms with Crippen molar-refractivity contribution in [2.75, 3.05) is 13.7 Å². The second-order valence-corrected chi connectivity index (χ2v) is 5.40. The van der Waals surface area contributed by atoms with Gasteiger partial charge in [0.15, 0.2) is 11.6 Å². The molecule has 0 fully saturated rings. The number of hydrogen-bond acceptors (Lipinski definition) is 2. The molecule has 0 radical (unpaired) electrons. The van der Waals surface area contributed by atoms with Crippen molar-refractivity contribution in [3.63, 3.8) is 0 Å². The maximum atomic E-state index is 13.7. The summed E-state index contributed by atoms with van der Waals surface area (Å²) in [5.41, 5.74) is 0.520. The van der Waals surface area contributed by atoms with E-state index in [2.05, 4.69) is 5.32 Å². The summed E-state index contributed by atoms with van der Waals surface area (Å²) in [5.74, 6) is -0.270. The summed E-state index contributed by atoms with van der Waals surface area (Å²) in [6.07, 6.45) is -0.832. The van der Waals surface area contributed by atoms with Gasteiger partial charge < -0.3 is 10.1 Å². The Morgan fingerprint density at radius 3 is 2.50 bits per heavy atom. The molecule has 2 nitrogen and oxygen atoms in total. The van der Waals surface area contributed by atoms with Gasteiger partial charge in [0, 0.05) is 18.5 Å². The molecule has 0 aliphatic rings. The Bertz CT molecular complexity index is 388. The number of alkyl halides is 1. The van der Waals surface area contributed by atoms with Crippen LogP contribution in [0.4, 0.5) is 8.78 Å². The van der Waals surface area contributed by atoms with Crippen LogP contribution in [0, 0.1) is 5.82 Å². The lowest BCUT2D eigenvalue weighted by Crippen LogP contribution is -2.40. The first-order chi connectivity index (χ1) is 8.31. The van der Waals surface area contributed by atoms with Crippen LogP contribution in [0.5, 0.6) is 5.75 Å². The summed E-state index contributed by atoms with van der Waals surface area (Å²) in [4.78, 5) is 0. The number of benzene rings is 1. The molecule has 0 aliphatic heterocycles. The number of ether oxygens (including phenoxy) is 1. The van der Waals surface area contributed by atoms with Crippen LogP contribution >= 0.6 is 0 Å². The largest absolute Gasteiger partial charge is 0.494 e. The van der Waals surface area contributed by atoms with Crippen molar-refractivity contribution in [1.29, 1.82) is 0 Å². The highest BCUT2D eigenvalue weighted by Crippen LogP contribution is 2.19. The Labute approximate surface area is 107 Å². The standard InChI is InChI=1S/C14H21F2NO/c1-14(2,3)17-9-11(15)7-10-5-6-13(18-4)12(16)8-10/h5-6,8,11,17H,7,9H2,1-4H3. The fourth-order valence-electron chi connectivity index (χ4n) is 1.58. The molecular weight excluding hydrogens is 236 g/mol. The van der Waals surface area contributed by atoms with Crippen molar-refractivity contribution < 1.29 is 13.5 Å². The fraction of sp³-hybridized carbons (Fsp3) is 0.571. The molecule has 0 bridgehead atoms. The zero-order chi connectivity index (χ0) is 13.8. The lowest BCUT2D eigenvalue weighted by molar-refractivity contribution is 0.284. The van der Waals surface area contributed by atoms with Crippen molar-refractivity contribution in [3.05, 3.63) is 29.6 Å². The molecule has 4 heteroatoms. The summed E-state index contributed by atoms with van der Waals surface area (Å²) < 4.78 is 31.9. The van der Waals surface area contributed by atoms with Crippen molar-refractivity contribution in [3.8, 4) is 5.75 Å². The zero-order valence-electron chi connectivity index (χ0n) is 11.4. The third-order valence-electron chi connectivity index (χ3n) is 2.53. The van der Waals surface area contributed by atoms with E-state index in [-0.39, 0.29) is 24.3 Å². The molecular formula is C14H21F2NO. The second kappa shape index (κ2) is 6.14. The van der Waals surface area contributed by atoms with Crippen LogP contribution in [0.15, 0.2) is 18.2 Å². The average molecular weight is 257 g/mol. The number of rotatable bonds is 5. The maximum Gasteiger partial charge on any atom is 0.165 e. The Kier molecular flexibility index (Phi) is 5.08. The monoisotopic (exact) mass is 257 g/mol. The Balaban J connectivity index is 2.54. The highest BCUT2D eigenvalue weighted by atomic mass is 19.1. The maximum absolute atomic E-state index is 13.7. The molecule has 0 saturated heterocycles. The van der Waals surface area contributed by atoms with Crippen molar-refractivity contribution in [2.24, 2.45) is 0 Å². The molecule has 0 amide bonds. The molecule has 0 aliphatic carbocycles.